The Balaban J connectivity index is 1.69. The number of anilines is 1. The zero-order valence-electron chi connectivity index (χ0n) is 17.2. The van der Waals surface area contributed by atoms with Crippen molar-refractivity contribution in [2.24, 2.45) is 5.92 Å². The lowest BCUT2D eigenvalue weighted by atomic mass is 10.0. The molecule has 1 aliphatic rings. The van der Waals surface area contributed by atoms with E-state index in [9.17, 15) is 19.2 Å². The Bertz CT molecular complexity index is 946. The molecule has 156 valence electrons. The topological polar surface area (TPSA) is 92.8 Å². The van der Waals surface area contributed by atoms with E-state index in [4.69, 9.17) is 4.74 Å². The van der Waals surface area contributed by atoms with Gasteiger partial charge in [-0.3, -0.25) is 19.3 Å². The summed E-state index contributed by atoms with van der Waals surface area (Å²) >= 11 is 0. The fraction of sp³-hybridized carbons (Fsp3) is 0.304. The second kappa shape index (κ2) is 8.90. The van der Waals surface area contributed by atoms with Crippen molar-refractivity contribution in [3.63, 3.8) is 0 Å². The average molecular weight is 408 g/mol. The number of amides is 3. The molecule has 0 saturated carbocycles. The second-order valence-corrected chi connectivity index (χ2v) is 7.69. The lowest BCUT2D eigenvalue weighted by Gasteiger charge is -2.25. The summed E-state index contributed by atoms with van der Waals surface area (Å²) in [6.45, 7) is 5.18. The highest BCUT2D eigenvalue weighted by Gasteiger charge is 2.43. The van der Waals surface area contributed by atoms with E-state index in [0.717, 1.165) is 10.5 Å². The monoisotopic (exact) mass is 408 g/mol. The van der Waals surface area contributed by atoms with Crippen LogP contribution in [0.25, 0.3) is 0 Å². The van der Waals surface area contributed by atoms with Crippen molar-refractivity contribution in [2.75, 3.05) is 11.9 Å². The minimum Gasteiger partial charge on any atom is -0.454 e. The Hall–Kier alpha value is -3.48. The second-order valence-electron chi connectivity index (χ2n) is 7.69. The first-order valence-electron chi connectivity index (χ1n) is 9.78. The molecule has 0 aromatic heterocycles. The number of carbonyl (C=O) groups excluding carboxylic acids is 4. The number of benzene rings is 2. The van der Waals surface area contributed by atoms with Gasteiger partial charge in [-0.25, -0.2) is 4.79 Å². The molecule has 0 radical (unpaired) electrons. The van der Waals surface area contributed by atoms with Gasteiger partial charge in [-0.15, -0.1) is 0 Å². The number of nitrogens with one attached hydrogen (secondary N) is 1. The van der Waals surface area contributed by atoms with Gasteiger partial charge in [0, 0.05) is 5.69 Å². The van der Waals surface area contributed by atoms with Crippen LogP contribution in [0.15, 0.2) is 48.5 Å². The Kier molecular flexibility index (Phi) is 6.30. The average Bonchev–Trinajstić information content (AvgIpc) is 2.97. The first-order chi connectivity index (χ1) is 14.3. The maximum Gasteiger partial charge on any atom is 0.329 e. The molecule has 30 heavy (non-hydrogen) atoms. The molecule has 0 spiro atoms. The summed E-state index contributed by atoms with van der Waals surface area (Å²) in [6.07, 6.45) is 0.240. The van der Waals surface area contributed by atoms with Gasteiger partial charge in [0.15, 0.2) is 6.61 Å². The summed E-state index contributed by atoms with van der Waals surface area (Å²) in [5.74, 6) is -2.31. The molecule has 0 aliphatic carbocycles. The van der Waals surface area contributed by atoms with E-state index in [1.165, 1.54) is 0 Å². The summed E-state index contributed by atoms with van der Waals surface area (Å²) in [4.78, 5) is 51.4. The highest BCUT2D eigenvalue weighted by atomic mass is 16.5. The van der Waals surface area contributed by atoms with Gasteiger partial charge in [-0.05, 0) is 43.5 Å². The van der Waals surface area contributed by atoms with Gasteiger partial charge in [0.05, 0.1) is 11.1 Å². The molecular weight excluding hydrogens is 384 g/mol. The molecule has 1 N–H and O–H groups in total. The smallest absolute Gasteiger partial charge is 0.329 e. The SMILES string of the molecule is Cc1ccc(NC(=O)COC(=O)[C@H](CC(C)C)N2C(=O)c3ccccc3C2=O)cc1. The number of fused-ring (bicyclic) bond motifs is 1. The molecule has 3 amide bonds. The molecule has 3 rings (SSSR count). The number of nitrogens with zero attached hydrogens (tertiary/aromatic N) is 1. The fourth-order valence-corrected chi connectivity index (χ4v) is 3.31. The van der Waals surface area contributed by atoms with Crippen molar-refractivity contribution < 1.29 is 23.9 Å². The number of hydrogen-bond donors (Lipinski definition) is 1. The van der Waals surface area contributed by atoms with Crippen molar-refractivity contribution in [3.05, 3.63) is 65.2 Å². The number of imide groups is 1. The van der Waals surface area contributed by atoms with E-state index in [1.807, 2.05) is 32.9 Å². The van der Waals surface area contributed by atoms with Crippen molar-refractivity contribution in [2.45, 2.75) is 33.2 Å². The van der Waals surface area contributed by atoms with Gasteiger partial charge in [-0.1, -0.05) is 43.7 Å². The molecule has 1 heterocycles. The lowest BCUT2D eigenvalue weighted by molar-refractivity contribution is -0.151. The third kappa shape index (κ3) is 4.56. The summed E-state index contributed by atoms with van der Waals surface area (Å²) in [5.41, 5.74) is 2.17. The van der Waals surface area contributed by atoms with Crippen LogP contribution in [-0.2, 0) is 14.3 Å². The number of hydrogen-bond acceptors (Lipinski definition) is 5. The van der Waals surface area contributed by atoms with Crippen LogP contribution >= 0.6 is 0 Å². The molecule has 0 fully saturated rings. The van der Waals surface area contributed by atoms with Crippen LogP contribution in [0.2, 0.25) is 0 Å². The Morgan fingerprint density at radius 3 is 2.07 bits per heavy atom. The normalized spacial score (nSPS) is 13.9. The summed E-state index contributed by atoms with van der Waals surface area (Å²) in [6, 6.07) is 12.5. The van der Waals surface area contributed by atoms with Crippen molar-refractivity contribution in [3.8, 4) is 0 Å². The number of carbonyl (C=O) groups is 4. The molecule has 2 aromatic carbocycles. The van der Waals surface area contributed by atoms with Crippen LogP contribution in [0.1, 0.15) is 46.5 Å². The van der Waals surface area contributed by atoms with E-state index in [1.54, 1.807) is 36.4 Å². The van der Waals surface area contributed by atoms with E-state index in [-0.39, 0.29) is 23.5 Å². The number of ether oxygens (including phenoxy) is 1. The van der Waals surface area contributed by atoms with Crippen LogP contribution < -0.4 is 5.32 Å². The van der Waals surface area contributed by atoms with Crippen molar-refractivity contribution in [1.29, 1.82) is 0 Å². The van der Waals surface area contributed by atoms with Gasteiger partial charge in [0.1, 0.15) is 6.04 Å². The number of esters is 1. The largest absolute Gasteiger partial charge is 0.454 e. The Labute approximate surface area is 175 Å². The third-order valence-corrected chi connectivity index (χ3v) is 4.78. The minimum atomic E-state index is -1.09. The number of rotatable bonds is 7. The van der Waals surface area contributed by atoms with Crippen molar-refractivity contribution >= 4 is 29.4 Å². The maximum atomic E-state index is 12.8. The first kappa shape index (κ1) is 21.2. The predicted octanol–water partition coefficient (Wildman–Crippen LogP) is 3.19. The quantitative estimate of drug-likeness (QED) is 0.561. The summed E-state index contributed by atoms with van der Waals surface area (Å²) in [5, 5.41) is 2.64. The molecule has 0 bridgehead atoms. The van der Waals surface area contributed by atoms with E-state index < -0.39 is 36.3 Å². The van der Waals surface area contributed by atoms with Crippen molar-refractivity contribution in [1.82, 2.24) is 4.90 Å². The molecule has 1 atom stereocenters. The molecule has 7 nitrogen and oxygen atoms in total. The minimum absolute atomic E-state index is 0.0215. The molecule has 0 unspecified atom stereocenters. The third-order valence-electron chi connectivity index (χ3n) is 4.78. The first-order valence-corrected chi connectivity index (χ1v) is 9.78. The zero-order valence-corrected chi connectivity index (χ0v) is 17.2. The van der Waals surface area contributed by atoms with Crippen LogP contribution in [0, 0.1) is 12.8 Å². The van der Waals surface area contributed by atoms with Gasteiger partial charge < -0.3 is 10.1 Å². The van der Waals surface area contributed by atoms with Crippen LogP contribution in [0.5, 0.6) is 0 Å². The summed E-state index contributed by atoms with van der Waals surface area (Å²) < 4.78 is 5.17. The Morgan fingerprint density at radius 1 is 0.967 bits per heavy atom. The Morgan fingerprint density at radius 2 is 1.53 bits per heavy atom. The highest BCUT2D eigenvalue weighted by Crippen LogP contribution is 2.27. The molecular formula is C23H24N2O5. The molecule has 1 aliphatic heterocycles. The molecule has 7 heteroatoms. The van der Waals surface area contributed by atoms with Crippen LogP contribution in [0.4, 0.5) is 5.69 Å². The van der Waals surface area contributed by atoms with Gasteiger partial charge in [0.25, 0.3) is 17.7 Å². The zero-order chi connectivity index (χ0) is 21.8. The fourth-order valence-electron chi connectivity index (χ4n) is 3.31. The van der Waals surface area contributed by atoms with E-state index in [0.29, 0.717) is 5.69 Å². The van der Waals surface area contributed by atoms with Gasteiger partial charge >= 0.3 is 5.97 Å². The number of aryl methyl sites for hydroxylation is 1. The summed E-state index contributed by atoms with van der Waals surface area (Å²) in [7, 11) is 0. The lowest BCUT2D eigenvalue weighted by Crippen LogP contribution is -2.46. The van der Waals surface area contributed by atoms with Crippen LogP contribution in [0.3, 0.4) is 0 Å². The predicted molar refractivity (Wildman–Crippen MR) is 111 cm³/mol. The maximum absolute atomic E-state index is 12.8. The highest BCUT2D eigenvalue weighted by molar-refractivity contribution is 6.22. The standard InChI is InChI=1S/C23H24N2O5/c1-14(2)12-19(25-21(27)17-6-4-5-7-18(17)22(25)28)23(29)30-13-20(26)24-16-10-8-15(3)9-11-16/h4-11,14,19H,12-13H2,1-3H3,(H,24,26)/t19-/m0/s1. The van der Waals surface area contributed by atoms with Crippen LogP contribution in [-0.4, -0.2) is 41.2 Å². The van der Waals surface area contributed by atoms with Gasteiger partial charge in [0.2, 0.25) is 0 Å². The molecule has 0 saturated heterocycles. The van der Waals surface area contributed by atoms with Gasteiger partial charge in [-0.2, -0.15) is 0 Å². The molecule has 2 aromatic rings. The van der Waals surface area contributed by atoms with E-state index in [2.05, 4.69) is 5.32 Å². The van der Waals surface area contributed by atoms with E-state index >= 15 is 0 Å².